The van der Waals surface area contributed by atoms with E-state index in [9.17, 15) is 20.1 Å². The van der Waals surface area contributed by atoms with Crippen molar-refractivity contribution in [2.75, 3.05) is 7.11 Å². The van der Waals surface area contributed by atoms with E-state index in [1.165, 1.54) is 7.11 Å². The zero-order chi connectivity index (χ0) is 19.7. The highest BCUT2D eigenvalue weighted by Crippen LogP contribution is 2.69. The number of carbonyl (C=O) groups is 1. The first kappa shape index (κ1) is 19.0. The third kappa shape index (κ3) is 2.10. The van der Waals surface area contributed by atoms with Crippen LogP contribution in [0.15, 0.2) is 0 Å². The lowest BCUT2D eigenvalue weighted by Crippen LogP contribution is -2.51. The molecule has 2 aliphatic rings. The van der Waals surface area contributed by atoms with E-state index in [1.54, 1.807) is 0 Å². The number of fused-ring (bicyclic) bond motifs is 3. The molecule has 1 fully saturated rings. The largest absolute Gasteiger partial charge is 0.507 e. The summed E-state index contributed by atoms with van der Waals surface area (Å²) in [5.74, 6) is -0.555. The van der Waals surface area contributed by atoms with Gasteiger partial charge < -0.3 is 20.1 Å². The second kappa shape index (κ2) is 5.62. The number of benzene rings is 1. The summed E-state index contributed by atoms with van der Waals surface area (Å²) in [6.07, 6.45) is 3.06. The molecule has 0 spiro atoms. The lowest BCUT2D eigenvalue weighted by atomic mass is 9.54. The van der Waals surface area contributed by atoms with Crippen LogP contribution in [0, 0.1) is 11.3 Å². The number of phenolic OH excluding ortho intramolecular Hbond substituents is 2. The van der Waals surface area contributed by atoms with Gasteiger partial charge in [0.1, 0.15) is 5.75 Å². The van der Waals surface area contributed by atoms with E-state index >= 15 is 0 Å². The first-order valence-electron chi connectivity index (χ1n) is 9.32. The molecule has 1 aromatic carbocycles. The average molecular weight is 362 g/mol. The molecule has 0 heterocycles. The van der Waals surface area contributed by atoms with E-state index in [4.69, 9.17) is 4.74 Å². The van der Waals surface area contributed by atoms with E-state index in [1.807, 2.05) is 34.6 Å². The van der Waals surface area contributed by atoms with Gasteiger partial charge in [0.25, 0.3) is 0 Å². The lowest BCUT2D eigenvalue weighted by Gasteiger charge is -2.50. The molecule has 0 saturated heterocycles. The van der Waals surface area contributed by atoms with Gasteiger partial charge >= 0.3 is 0 Å². The standard InChI is InChI=1S/C21H30O5/c1-11(2)12-15(23)14-13(16(24)17(12)26-6)20(5)9-7-8-19(3,4)18(20)21(14,25)10-22/h10-11,18,23-25H,7-9H2,1-6H3/t18?,20-,21+/m1/s1. The van der Waals surface area contributed by atoms with E-state index in [0.717, 1.165) is 19.3 Å². The Morgan fingerprint density at radius 1 is 1.12 bits per heavy atom. The SMILES string of the molecule is COc1c(O)c2c(c(O)c1C(C)C)[C@@](O)(C=O)C1C(C)(C)CCC[C@]21C. The summed E-state index contributed by atoms with van der Waals surface area (Å²) in [6.45, 7) is 9.81. The van der Waals surface area contributed by atoms with Gasteiger partial charge in [0.05, 0.1) is 7.11 Å². The van der Waals surface area contributed by atoms with Crippen LogP contribution in [0.5, 0.6) is 17.2 Å². The molecule has 1 saturated carbocycles. The molecule has 144 valence electrons. The van der Waals surface area contributed by atoms with Crippen molar-refractivity contribution in [1.29, 1.82) is 0 Å². The molecule has 1 unspecified atom stereocenters. The number of aliphatic hydroxyl groups is 1. The summed E-state index contributed by atoms with van der Waals surface area (Å²) >= 11 is 0. The fourth-order valence-electron chi connectivity index (χ4n) is 6.09. The first-order valence-corrected chi connectivity index (χ1v) is 9.32. The highest BCUT2D eigenvalue weighted by molar-refractivity contribution is 5.79. The monoisotopic (exact) mass is 362 g/mol. The normalized spacial score (nSPS) is 32.2. The van der Waals surface area contributed by atoms with Crippen LogP contribution >= 0.6 is 0 Å². The van der Waals surface area contributed by atoms with Crippen LogP contribution in [0.4, 0.5) is 0 Å². The molecule has 1 aromatic rings. The molecule has 5 heteroatoms. The molecule has 0 amide bonds. The Hall–Kier alpha value is -1.75. The minimum atomic E-state index is -1.84. The fraction of sp³-hybridized carbons (Fsp3) is 0.667. The van der Waals surface area contributed by atoms with Gasteiger partial charge in [-0.25, -0.2) is 0 Å². The van der Waals surface area contributed by atoms with Crippen LogP contribution < -0.4 is 4.74 Å². The van der Waals surface area contributed by atoms with E-state index in [-0.39, 0.29) is 34.1 Å². The maximum absolute atomic E-state index is 12.2. The molecule has 3 atom stereocenters. The molecule has 3 rings (SSSR count). The number of aromatic hydroxyl groups is 2. The summed E-state index contributed by atoms with van der Waals surface area (Å²) in [7, 11) is 1.46. The molecule has 0 aliphatic heterocycles. The predicted octanol–water partition coefficient (Wildman–Crippen LogP) is 3.71. The topological polar surface area (TPSA) is 87.0 Å². The first-order chi connectivity index (χ1) is 12.0. The molecule has 2 aliphatic carbocycles. The number of hydrogen-bond acceptors (Lipinski definition) is 5. The van der Waals surface area contributed by atoms with Crippen LogP contribution in [0.25, 0.3) is 0 Å². The highest BCUT2D eigenvalue weighted by atomic mass is 16.5. The smallest absolute Gasteiger partial charge is 0.167 e. The van der Waals surface area contributed by atoms with Crippen molar-refractivity contribution in [3.63, 3.8) is 0 Å². The van der Waals surface area contributed by atoms with Crippen molar-refractivity contribution in [2.24, 2.45) is 11.3 Å². The Bertz CT molecular complexity index is 766. The number of carbonyl (C=O) groups excluding carboxylic acids is 1. The summed E-state index contributed by atoms with van der Waals surface area (Å²) in [6, 6.07) is 0. The Labute approximate surface area is 155 Å². The number of rotatable bonds is 3. The van der Waals surface area contributed by atoms with Gasteiger partial charge in [0, 0.05) is 28.0 Å². The molecule has 0 radical (unpaired) electrons. The van der Waals surface area contributed by atoms with Gasteiger partial charge in [-0.3, -0.25) is 4.79 Å². The van der Waals surface area contributed by atoms with E-state index in [2.05, 4.69) is 0 Å². The Kier molecular flexibility index (Phi) is 4.11. The summed E-state index contributed by atoms with van der Waals surface area (Å²) < 4.78 is 5.44. The minimum Gasteiger partial charge on any atom is -0.507 e. The van der Waals surface area contributed by atoms with Gasteiger partial charge in [0.2, 0.25) is 0 Å². The molecular formula is C21H30O5. The molecule has 3 N–H and O–H groups in total. The van der Waals surface area contributed by atoms with Crippen LogP contribution in [0.2, 0.25) is 0 Å². The van der Waals surface area contributed by atoms with Crippen LogP contribution in [0.3, 0.4) is 0 Å². The number of hydrogen-bond donors (Lipinski definition) is 3. The maximum atomic E-state index is 12.2. The van der Waals surface area contributed by atoms with Crippen molar-refractivity contribution in [3.8, 4) is 17.2 Å². The van der Waals surface area contributed by atoms with Gasteiger partial charge in [-0.1, -0.05) is 41.0 Å². The van der Waals surface area contributed by atoms with Crippen molar-refractivity contribution in [1.82, 2.24) is 0 Å². The molecule has 26 heavy (non-hydrogen) atoms. The number of phenols is 2. The van der Waals surface area contributed by atoms with Crippen molar-refractivity contribution in [2.45, 2.75) is 70.8 Å². The maximum Gasteiger partial charge on any atom is 0.167 e. The number of methoxy groups -OCH3 is 1. The Morgan fingerprint density at radius 3 is 2.23 bits per heavy atom. The quantitative estimate of drug-likeness (QED) is 0.563. The zero-order valence-corrected chi connectivity index (χ0v) is 16.5. The highest BCUT2D eigenvalue weighted by Gasteiger charge is 2.66. The average Bonchev–Trinajstić information content (AvgIpc) is 2.76. The third-order valence-corrected chi connectivity index (χ3v) is 6.75. The van der Waals surface area contributed by atoms with Gasteiger partial charge in [0.15, 0.2) is 23.4 Å². The van der Waals surface area contributed by atoms with Gasteiger partial charge in [-0.05, 0) is 24.2 Å². The second-order valence-corrected chi connectivity index (χ2v) is 9.18. The summed E-state index contributed by atoms with van der Waals surface area (Å²) in [4.78, 5) is 12.2. The molecular weight excluding hydrogens is 332 g/mol. The molecule has 0 aromatic heterocycles. The summed E-state index contributed by atoms with van der Waals surface area (Å²) in [5, 5.41) is 33.8. The van der Waals surface area contributed by atoms with Crippen molar-refractivity contribution < 1.29 is 24.9 Å². The van der Waals surface area contributed by atoms with Gasteiger partial charge in [-0.15, -0.1) is 0 Å². The molecule has 5 nitrogen and oxygen atoms in total. The minimum absolute atomic E-state index is 0.0630. The zero-order valence-electron chi connectivity index (χ0n) is 16.5. The Balaban J connectivity index is 2.49. The lowest BCUT2D eigenvalue weighted by molar-refractivity contribution is -0.145. The predicted molar refractivity (Wildman–Crippen MR) is 98.8 cm³/mol. The molecule has 0 bridgehead atoms. The van der Waals surface area contributed by atoms with Crippen molar-refractivity contribution >= 4 is 6.29 Å². The van der Waals surface area contributed by atoms with E-state index < -0.39 is 16.9 Å². The van der Waals surface area contributed by atoms with Crippen LogP contribution in [-0.2, 0) is 15.8 Å². The Morgan fingerprint density at radius 2 is 1.73 bits per heavy atom. The van der Waals surface area contributed by atoms with Crippen LogP contribution in [-0.4, -0.2) is 28.7 Å². The number of ether oxygens (including phenoxy) is 1. The van der Waals surface area contributed by atoms with Crippen LogP contribution in [0.1, 0.15) is 76.5 Å². The number of aldehydes is 1. The van der Waals surface area contributed by atoms with Gasteiger partial charge in [-0.2, -0.15) is 0 Å². The second-order valence-electron chi connectivity index (χ2n) is 9.18. The fourth-order valence-corrected chi connectivity index (χ4v) is 6.09. The third-order valence-electron chi connectivity index (χ3n) is 6.75. The van der Waals surface area contributed by atoms with E-state index in [0.29, 0.717) is 17.4 Å². The van der Waals surface area contributed by atoms with Crippen molar-refractivity contribution in [3.05, 3.63) is 16.7 Å². The summed E-state index contributed by atoms with van der Waals surface area (Å²) in [5.41, 5.74) is -1.75.